The topological polar surface area (TPSA) is 58.4 Å². The van der Waals surface area contributed by atoms with Crippen molar-refractivity contribution in [2.24, 2.45) is 0 Å². The maximum atomic E-state index is 13.3. The summed E-state index contributed by atoms with van der Waals surface area (Å²) >= 11 is 1.35. The van der Waals surface area contributed by atoms with E-state index in [1.807, 2.05) is 53.4 Å². The number of carbonyl (C=O) groups is 1. The van der Waals surface area contributed by atoms with Crippen molar-refractivity contribution in [1.29, 1.82) is 0 Å². The summed E-state index contributed by atoms with van der Waals surface area (Å²) in [6.45, 7) is 3.49. The number of nitrogens with zero attached hydrogens (tertiary/aromatic N) is 4. The minimum atomic E-state index is -0.108. The summed E-state index contributed by atoms with van der Waals surface area (Å²) in [4.78, 5) is 35.6. The van der Waals surface area contributed by atoms with E-state index in [1.165, 1.54) is 43.9 Å². The number of thioether (sulfide) groups is 1. The zero-order valence-corrected chi connectivity index (χ0v) is 19.7. The van der Waals surface area contributed by atoms with E-state index >= 15 is 0 Å². The number of hydrogen-bond acceptors (Lipinski definition) is 5. The second-order valence-corrected chi connectivity index (χ2v) is 9.83. The zero-order chi connectivity index (χ0) is 22.6. The van der Waals surface area contributed by atoms with Gasteiger partial charge >= 0.3 is 0 Å². The third kappa shape index (κ3) is 4.84. The number of carbonyl (C=O) groups excluding carboxylic acids is 1. The number of benzene rings is 2. The molecule has 2 aliphatic rings. The van der Waals surface area contributed by atoms with Gasteiger partial charge in [0.1, 0.15) is 0 Å². The fraction of sp³-hybridized carbons (Fsp3) is 0.423. The van der Waals surface area contributed by atoms with E-state index in [0.29, 0.717) is 22.1 Å². The molecular formula is C26H30N4O2S. The number of rotatable bonds is 5. The van der Waals surface area contributed by atoms with Crippen LogP contribution in [0.4, 0.5) is 0 Å². The van der Waals surface area contributed by atoms with Gasteiger partial charge in [0.2, 0.25) is 5.91 Å². The number of amides is 1. The quantitative estimate of drug-likeness (QED) is 0.424. The molecule has 0 spiro atoms. The first kappa shape index (κ1) is 22.2. The monoisotopic (exact) mass is 462 g/mol. The van der Waals surface area contributed by atoms with Gasteiger partial charge in [-0.3, -0.25) is 19.1 Å². The van der Waals surface area contributed by atoms with Crippen molar-refractivity contribution in [2.45, 2.75) is 43.3 Å². The van der Waals surface area contributed by atoms with Crippen LogP contribution in [0.2, 0.25) is 0 Å². The normalized spacial score (nSPS) is 18.0. The first-order valence-corrected chi connectivity index (χ1v) is 12.9. The standard InChI is InChI=1S/C26H30N4O2S/c31-24(29-17-15-28(16-18-29)20-9-3-1-4-10-20)19-33-26-27-23-14-8-7-13-22(23)25(32)30(26)21-11-5-2-6-12-21/h2,5-8,11-14,20H,1,3-4,9-10,15-19H2. The molecule has 0 atom stereocenters. The van der Waals surface area contributed by atoms with Gasteiger partial charge in [0.25, 0.3) is 5.56 Å². The second kappa shape index (κ2) is 10.1. The van der Waals surface area contributed by atoms with Gasteiger partial charge in [0.05, 0.1) is 22.3 Å². The highest BCUT2D eigenvalue weighted by molar-refractivity contribution is 7.99. The third-order valence-corrected chi connectivity index (χ3v) is 7.77. The molecule has 172 valence electrons. The van der Waals surface area contributed by atoms with E-state index in [0.717, 1.165) is 31.9 Å². The highest BCUT2D eigenvalue weighted by Crippen LogP contribution is 2.25. The second-order valence-electron chi connectivity index (χ2n) is 8.88. The van der Waals surface area contributed by atoms with E-state index in [-0.39, 0.29) is 17.2 Å². The summed E-state index contributed by atoms with van der Waals surface area (Å²) in [6.07, 6.45) is 6.64. The van der Waals surface area contributed by atoms with Crippen molar-refractivity contribution in [3.8, 4) is 5.69 Å². The van der Waals surface area contributed by atoms with Crippen LogP contribution in [-0.4, -0.2) is 63.2 Å². The van der Waals surface area contributed by atoms with E-state index < -0.39 is 0 Å². The predicted molar refractivity (Wildman–Crippen MR) is 133 cm³/mol. The van der Waals surface area contributed by atoms with Crippen molar-refractivity contribution in [1.82, 2.24) is 19.4 Å². The molecule has 0 radical (unpaired) electrons. The highest BCUT2D eigenvalue weighted by Gasteiger charge is 2.27. The molecule has 1 saturated carbocycles. The molecule has 6 nitrogen and oxygen atoms in total. The molecule has 0 unspecified atom stereocenters. The molecule has 1 aliphatic carbocycles. The third-order valence-electron chi connectivity index (χ3n) is 6.84. The fourth-order valence-electron chi connectivity index (χ4n) is 5.01. The molecule has 7 heteroatoms. The highest BCUT2D eigenvalue weighted by atomic mass is 32.2. The first-order chi connectivity index (χ1) is 16.2. The van der Waals surface area contributed by atoms with Crippen LogP contribution in [0.15, 0.2) is 64.5 Å². The predicted octanol–water partition coefficient (Wildman–Crippen LogP) is 3.95. The average molecular weight is 463 g/mol. The Morgan fingerprint density at radius 2 is 1.61 bits per heavy atom. The van der Waals surface area contributed by atoms with Crippen molar-refractivity contribution in [3.05, 3.63) is 65.0 Å². The Labute approximate surface area is 198 Å². The molecule has 3 aromatic rings. The number of fused-ring (bicyclic) bond motifs is 1. The number of piperazine rings is 1. The summed E-state index contributed by atoms with van der Waals surface area (Å²) < 4.78 is 1.63. The van der Waals surface area contributed by atoms with Crippen molar-refractivity contribution in [2.75, 3.05) is 31.9 Å². The molecule has 1 aliphatic heterocycles. The molecule has 2 fully saturated rings. The molecule has 2 aromatic carbocycles. The lowest BCUT2D eigenvalue weighted by Gasteiger charge is -2.40. The Kier molecular flexibility index (Phi) is 6.78. The smallest absolute Gasteiger partial charge is 0.266 e. The lowest BCUT2D eigenvalue weighted by Crippen LogP contribution is -2.52. The maximum Gasteiger partial charge on any atom is 0.266 e. The molecule has 0 N–H and O–H groups in total. The van der Waals surface area contributed by atoms with Crippen LogP contribution in [0.1, 0.15) is 32.1 Å². The van der Waals surface area contributed by atoms with Gasteiger partial charge in [0.15, 0.2) is 5.16 Å². The molecule has 1 saturated heterocycles. The lowest BCUT2D eigenvalue weighted by atomic mass is 9.94. The van der Waals surface area contributed by atoms with Crippen LogP contribution in [-0.2, 0) is 4.79 Å². The average Bonchev–Trinajstić information content (AvgIpc) is 2.88. The van der Waals surface area contributed by atoms with Crippen LogP contribution in [0.5, 0.6) is 0 Å². The maximum absolute atomic E-state index is 13.3. The van der Waals surface area contributed by atoms with E-state index in [9.17, 15) is 9.59 Å². The molecule has 33 heavy (non-hydrogen) atoms. The van der Waals surface area contributed by atoms with Crippen molar-refractivity contribution >= 4 is 28.6 Å². The Morgan fingerprint density at radius 1 is 0.909 bits per heavy atom. The minimum Gasteiger partial charge on any atom is -0.339 e. The molecule has 2 heterocycles. The summed E-state index contributed by atoms with van der Waals surface area (Å²) in [6, 6.07) is 17.6. The van der Waals surface area contributed by atoms with Crippen molar-refractivity contribution in [3.63, 3.8) is 0 Å². The number of aromatic nitrogens is 2. The van der Waals surface area contributed by atoms with Crippen molar-refractivity contribution < 1.29 is 4.79 Å². The first-order valence-electron chi connectivity index (χ1n) is 11.9. The van der Waals surface area contributed by atoms with Crippen LogP contribution in [0.25, 0.3) is 16.6 Å². The van der Waals surface area contributed by atoms with Gasteiger partial charge < -0.3 is 4.90 Å². The SMILES string of the molecule is O=C(CSc1nc2ccccc2c(=O)n1-c1ccccc1)N1CCN(C2CCCCC2)CC1. The van der Waals surface area contributed by atoms with Gasteiger partial charge in [-0.05, 0) is 37.1 Å². The summed E-state index contributed by atoms with van der Waals surface area (Å²) in [5, 5.41) is 1.13. The lowest BCUT2D eigenvalue weighted by molar-refractivity contribution is -0.130. The Bertz CT molecular complexity index is 1170. The summed E-state index contributed by atoms with van der Waals surface area (Å²) in [5.41, 5.74) is 1.31. The Hall–Kier alpha value is -2.64. The van der Waals surface area contributed by atoms with Gasteiger partial charge in [-0.2, -0.15) is 0 Å². The van der Waals surface area contributed by atoms with Crippen LogP contribution < -0.4 is 5.56 Å². The van der Waals surface area contributed by atoms with E-state index in [1.54, 1.807) is 10.6 Å². The van der Waals surface area contributed by atoms with Gasteiger partial charge in [0, 0.05) is 32.2 Å². The molecule has 5 rings (SSSR count). The fourth-order valence-corrected chi connectivity index (χ4v) is 5.93. The minimum absolute atomic E-state index is 0.108. The van der Waals surface area contributed by atoms with Gasteiger partial charge in [-0.15, -0.1) is 0 Å². The van der Waals surface area contributed by atoms with Crippen LogP contribution in [0.3, 0.4) is 0 Å². The Morgan fingerprint density at radius 3 is 2.36 bits per heavy atom. The Balaban J connectivity index is 1.30. The molecular weight excluding hydrogens is 432 g/mol. The van der Waals surface area contributed by atoms with Crippen LogP contribution in [0, 0.1) is 0 Å². The zero-order valence-electron chi connectivity index (χ0n) is 18.9. The van der Waals surface area contributed by atoms with E-state index in [4.69, 9.17) is 4.98 Å². The van der Waals surface area contributed by atoms with Gasteiger partial charge in [-0.25, -0.2) is 4.98 Å². The van der Waals surface area contributed by atoms with Crippen LogP contribution >= 0.6 is 11.8 Å². The molecule has 1 amide bonds. The van der Waals surface area contributed by atoms with Gasteiger partial charge in [-0.1, -0.05) is 61.4 Å². The molecule has 0 bridgehead atoms. The number of hydrogen-bond donors (Lipinski definition) is 0. The largest absolute Gasteiger partial charge is 0.339 e. The number of para-hydroxylation sites is 2. The summed E-state index contributed by atoms with van der Waals surface area (Å²) in [7, 11) is 0. The van der Waals surface area contributed by atoms with E-state index in [2.05, 4.69) is 4.90 Å². The molecule has 1 aromatic heterocycles. The summed E-state index contributed by atoms with van der Waals surface area (Å²) in [5.74, 6) is 0.395.